The Kier molecular flexibility index (Phi) is 2.99. The lowest BCUT2D eigenvalue weighted by atomic mass is 10.2. The van der Waals surface area contributed by atoms with Crippen LogP contribution in [0.1, 0.15) is 31.4 Å². The maximum Gasteiger partial charge on any atom is 0.0562 e. The minimum atomic E-state index is 0.693. The average Bonchev–Trinajstić information content (AvgIpc) is 2.67. The molecule has 1 heterocycles. The van der Waals surface area contributed by atoms with Crippen LogP contribution in [0, 0.1) is 0 Å². The summed E-state index contributed by atoms with van der Waals surface area (Å²) in [5.74, 6) is 0. The number of pyridine rings is 1. The van der Waals surface area contributed by atoms with Gasteiger partial charge in [0.25, 0.3) is 0 Å². The Morgan fingerprint density at radius 1 is 1.43 bits per heavy atom. The van der Waals surface area contributed by atoms with Gasteiger partial charge in [-0.25, -0.2) is 0 Å². The molecule has 0 unspecified atom stereocenters. The Morgan fingerprint density at radius 3 is 2.93 bits per heavy atom. The summed E-state index contributed by atoms with van der Waals surface area (Å²) in [6.45, 7) is 0.843. The van der Waals surface area contributed by atoms with Crippen LogP contribution in [0.2, 0.25) is 0 Å². The zero-order valence-corrected chi connectivity index (χ0v) is 8.37. The summed E-state index contributed by atoms with van der Waals surface area (Å²) in [6, 6.07) is 4.44. The summed E-state index contributed by atoms with van der Waals surface area (Å²) in [5.41, 5.74) is 7.51. The van der Waals surface area contributed by atoms with Gasteiger partial charge in [-0.1, -0.05) is 12.8 Å². The van der Waals surface area contributed by atoms with E-state index in [1.807, 2.05) is 12.1 Å². The molecule has 0 spiro atoms. The van der Waals surface area contributed by atoms with Gasteiger partial charge in [0.2, 0.25) is 0 Å². The van der Waals surface area contributed by atoms with E-state index in [4.69, 9.17) is 5.73 Å². The van der Waals surface area contributed by atoms with E-state index in [0.717, 1.165) is 17.9 Å². The van der Waals surface area contributed by atoms with Crippen LogP contribution in [-0.2, 0) is 6.54 Å². The van der Waals surface area contributed by atoms with Crippen molar-refractivity contribution in [3.05, 3.63) is 24.0 Å². The van der Waals surface area contributed by atoms with Crippen molar-refractivity contribution >= 4 is 5.69 Å². The lowest BCUT2D eigenvalue weighted by Gasteiger charge is -2.10. The fourth-order valence-electron chi connectivity index (χ4n) is 1.97. The summed E-state index contributed by atoms with van der Waals surface area (Å²) in [6.07, 6.45) is 7.11. The number of anilines is 1. The van der Waals surface area contributed by atoms with Gasteiger partial charge in [0.1, 0.15) is 0 Å². The lowest BCUT2D eigenvalue weighted by Crippen LogP contribution is -2.25. The van der Waals surface area contributed by atoms with Crippen molar-refractivity contribution in [1.82, 2.24) is 10.3 Å². The topological polar surface area (TPSA) is 50.9 Å². The molecule has 3 heteroatoms. The van der Waals surface area contributed by atoms with E-state index in [-0.39, 0.29) is 0 Å². The summed E-state index contributed by atoms with van der Waals surface area (Å²) < 4.78 is 0. The zero-order chi connectivity index (χ0) is 9.80. The number of hydrogen-bond acceptors (Lipinski definition) is 3. The summed E-state index contributed by atoms with van der Waals surface area (Å²) in [4.78, 5) is 4.26. The van der Waals surface area contributed by atoms with Crippen molar-refractivity contribution in [1.29, 1.82) is 0 Å². The van der Waals surface area contributed by atoms with Crippen molar-refractivity contribution in [2.45, 2.75) is 38.3 Å². The summed E-state index contributed by atoms with van der Waals surface area (Å²) in [5, 5.41) is 3.51. The van der Waals surface area contributed by atoms with Crippen molar-refractivity contribution in [3.63, 3.8) is 0 Å². The molecule has 1 aliphatic carbocycles. The molecule has 3 nitrogen and oxygen atoms in total. The van der Waals surface area contributed by atoms with E-state index < -0.39 is 0 Å². The molecule has 0 aliphatic heterocycles. The lowest BCUT2D eigenvalue weighted by molar-refractivity contribution is 0.519. The molecule has 0 saturated heterocycles. The second-order valence-corrected chi connectivity index (χ2v) is 3.94. The van der Waals surface area contributed by atoms with Gasteiger partial charge in [0.05, 0.1) is 5.69 Å². The quantitative estimate of drug-likeness (QED) is 0.764. The van der Waals surface area contributed by atoms with Gasteiger partial charge in [-0.05, 0) is 25.0 Å². The zero-order valence-electron chi connectivity index (χ0n) is 8.37. The number of nitrogens with two attached hydrogens (primary N) is 1. The molecule has 0 radical (unpaired) electrons. The molecule has 1 aromatic rings. The maximum absolute atomic E-state index is 5.67. The fraction of sp³-hybridized carbons (Fsp3) is 0.545. The van der Waals surface area contributed by atoms with Crippen LogP contribution in [-0.4, -0.2) is 11.0 Å². The number of nitrogens with zero attached hydrogens (tertiary/aromatic N) is 1. The molecule has 1 fully saturated rings. The first-order valence-corrected chi connectivity index (χ1v) is 5.28. The van der Waals surface area contributed by atoms with Gasteiger partial charge >= 0.3 is 0 Å². The molecule has 3 N–H and O–H groups in total. The van der Waals surface area contributed by atoms with Gasteiger partial charge in [0.15, 0.2) is 0 Å². The van der Waals surface area contributed by atoms with Gasteiger partial charge in [-0.2, -0.15) is 0 Å². The molecule has 2 rings (SSSR count). The average molecular weight is 191 g/mol. The molecule has 0 bridgehead atoms. The number of rotatable bonds is 3. The first-order chi connectivity index (χ1) is 6.84. The summed E-state index contributed by atoms with van der Waals surface area (Å²) >= 11 is 0. The van der Waals surface area contributed by atoms with Crippen molar-refractivity contribution in [2.24, 2.45) is 0 Å². The third-order valence-electron chi connectivity index (χ3n) is 2.77. The standard InChI is InChI=1S/C11H17N3/c12-9-5-6-13-11(7-9)8-14-10-3-1-2-4-10/h5-7,10,14H,1-4,8H2,(H2,12,13). The Balaban J connectivity index is 1.85. The van der Waals surface area contributed by atoms with Crippen LogP contribution in [0.15, 0.2) is 18.3 Å². The second kappa shape index (κ2) is 4.42. The molecule has 1 aliphatic rings. The number of nitrogen functional groups attached to an aromatic ring is 1. The number of aromatic nitrogens is 1. The highest BCUT2D eigenvalue weighted by atomic mass is 14.9. The van der Waals surface area contributed by atoms with Crippen molar-refractivity contribution in [2.75, 3.05) is 5.73 Å². The number of nitrogens with one attached hydrogen (secondary N) is 1. The highest BCUT2D eigenvalue weighted by Gasteiger charge is 2.13. The largest absolute Gasteiger partial charge is 0.399 e. The predicted octanol–water partition coefficient (Wildman–Crippen LogP) is 1.70. The predicted molar refractivity (Wildman–Crippen MR) is 57.7 cm³/mol. The van der Waals surface area contributed by atoms with E-state index >= 15 is 0 Å². The molecule has 0 amide bonds. The Labute approximate surface area is 84.7 Å². The Bertz CT molecular complexity index is 292. The van der Waals surface area contributed by atoms with Crippen LogP contribution < -0.4 is 11.1 Å². The van der Waals surface area contributed by atoms with Crippen LogP contribution in [0.5, 0.6) is 0 Å². The van der Waals surface area contributed by atoms with E-state index in [1.165, 1.54) is 25.7 Å². The highest BCUT2D eigenvalue weighted by molar-refractivity contribution is 5.37. The SMILES string of the molecule is Nc1ccnc(CNC2CCCC2)c1. The Hall–Kier alpha value is -1.09. The van der Waals surface area contributed by atoms with E-state index in [1.54, 1.807) is 6.20 Å². The normalized spacial score (nSPS) is 17.4. The first kappa shape index (κ1) is 9.46. The molecule has 0 atom stereocenters. The Morgan fingerprint density at radius 2 is 2.21 bits per heavy atom. The highest BCUT2D eigenvalue weighted by Crippen LogP contribution is 2.17. The molecule has 76 valence electrons. The van der Waals surface area contributed by atoms with Crippen LogP contribution in [0.4, 0.5) is 5.69 Å². The maximum atomic E-state index is 5.67. The van der Waals surface area contributed by atoms with E-state index in [9.17, 15) is 0 Å². The molecule has 1 saturated carbocycles. The molecule has 0 aromatic carbocycles. The third-order valence-corrected chi connectivity index (χ3v) is 2.77. The van der Waals surface area contributed by atoms with Gasteiger partial charge in [0, 0.05) is 24.5 Å². The summed E-state index contributed by atoms with van der Waals surface area (Å²) in [7, 11) is 0. The first-order valence-electron chi connectivity index (χ1n) is 5.28. The van der Waals surface area contributed by atoms with Crippen LogP contribution >= 0.6 is 0 Å². The van der Waals surface area contributed by atoms with Crippen LogP contribution in [0.25, 0.3) is 0 Å². The van der Waals surface area contributed by atoms with Gasteiger partial charge in [-0.15, -0.1) is 0 Å². The van der Waals surface area contributed by atoms with Gasteiger partial charge in [-0.3, -0.25) is 4.98 Å². The van der Waals surface area contributed by atoms with E-state index in [0.29, 0.717) is 6.04 Å². The van der Waals surface area contributed by atoms with Crippen molar-refractivity contribution in [3.8, 4) is 0 Å². The van der Waals surface area contributed by atoms with Crippen LogP contribution in [0.3, 0.4) is 0 Å². The monoisotopic (exact) mass is 191 g/mol. The fourth-order valence-corrected chi connectivity index (χ4v) is 1.97. The third kappa shape index (κ3) is 2.45. The molecule has 14 heavy (non-hydrogen) atoms. The van der Waals surface area contributed by atoms with Gasteiger partial charge < -0.3 is 11.1 Å². The van der Waals surface area contributed by atoms with E-state index in [2.05, 4.69) is 10.3 Å². The minimum Gasteiger partial charge on any atom is -0.399 e. The minimum absolute atomic E-state index is 0.693. The molecule has 1 aromatic heterocycles. The molecular formula is C11H17N3. The molecular weight excluding hydrogens is 174 g/mol. The smallest absolute Gasteiger partial charge is 0.0562 e. The van der Waals surface area contributed by atoms with Crippen molar-refractivity contribution < 1.29 is 0 Å². The number of hydrogen-bond donors (Lipinski definition) is 2. The second-order valence-electron chi connectivity index (χ2n) is 3.94.